The second-order valence-corrected chi connectivity index (χ2v) is 3.27. The normalized spacial score (nSPS) is 10.4. The van der Waals surface area contributed by atoms with Gasteiger partial charge in [-0.15, -0.1) is 0 Å². The third-order valence-corrected chi connectivity index (χ3v) is 2.13. The maximum Gasteiger partial charge on any atom is 0.520 e. The van der Waals surface area contributed by atoms with Crippen molar-refractivity contribution in [3.05, 3.63) is 16.4 Å². The molecular weight excluding hydrogens is 182 g/mol. The second-order valence-electron chi connectivity index (χ2n) is 3.27. The molecule has 0 radical (unpaired) electrons. The molecule has 1 aromatic heterocycles. The Bertz CT molecular complexity index is 313. The fourth-order valence-corrected chi connectivity index (χ4v) is 1.38. The van der Waals surface area contributed by atoms with Gasteiger partial charge in [-0.05, 0) is 6.42 Å². The minimum absolute atomic E-state index is 0.464. The Labute approximate surface area is 83.3 Å². The van der Waals surface area contributed by atoms with Gasteiger partial charge in [-0.1, -0.05) is 26.2 Å². The van der Waals surface area contributed by atoms with Gasteiger partial charge in [0, 0.05) is 13.5 Å². The van der Waals surface area contributed by atoms with Gasteiger partial charge in [0.1, 0.15) is 0 Å². The quantitative estimate of drug-likeness (QED) is 0.715. The van der Waals surface area contributed by atoms with E-state index in [9.17, 15) is 4.79 Å². The number of unbranched alkanes of at least 4 members (excludes halogenated alkanes) is 3. The lowest BCUT2D eigenvalue weighted by Gasteiger charge is -1.98. The van der Waals surface area contributed by atoms with Crippen LogP contribution in [-0.4, -0.2) is 7.05 Å². The molecule has 0 aliphatic carbocycles. The van der Waals surface area contributed by atoms with E-state index >= 15 is 0 Å². The lowest BCUT2D eigenvalue weighted by Crippen LogP contribution is -1.91. The standard InChI is InChI=1S/C10H17NO3/c1-3-4-5-6-7-8-9(11-2)14-10(12)13-8/h11H,3-7H2,1-2H3. The van der Waals surface area contributed by atoms with Gasteiger partial charge < -0.3 is 14.2 Å². The predicted octanol–water partition coefficient (Wildman–Crippen LogP) is 2.40. The highest BCUT2D eigenvalue weighted by Gasteiger charge is 2.09. The fraction of sp³-hybridized carbons (Fsp3) is 0.700. The molecule has 0 aliphatic heterocycles. The van der Waals surface area contributed by atoms with Crippen molar-refractivity contribution in [3.63, 3.8) is 0 Å². The Balaban J connectivity index is 2.45. The summed E-state index contributed by atoms with van der Waals surface area (Å²) < 4.78 is 9.69. The molecule has 4 nitrogen and oxygen atoms in total. The molecule has 0 saturated carbocycles. The molecule has 4 heteroatoms. The van der Waals surface area contributed by atoms with Crippen LogP contribution in [-0.2, 0) is 6.42 Å². The lowest BCUT2D eigenvalue weighted by atomic mass is 10.1. The SMILES string of the molecule is CCCCCCc1oc(=O)oc1NC. The van der Waals surface area contributed by atoms with Gasteiger partial charge in [0.15, 0.2) is 5.76 Å². The molecule has 0 spiro atoms. The van der Waals surface area contributed by atoms with Gasteiger partial charge in [0.05, 0.1) is 0 Å². The first-order valence-corrected chi connectivity index (χ1v) is 5.08. The minimum Gasteiger partial charge on any atom is -0.394 e. The van der Waals surface area contributed by atoms with E-state index < -0.39 is 5.82 Å². The van der Waals surface area contributed by atoms with E-state index in [0.29, 0.717) is 11.6 Å². The molecule has 0 aromatic carbocycles. The van der Waals surface area contributed by atoms with Crippen LogP contribution in [0.2, 0.25) is 0 Å². The second kappa shape index (κ2) is 5.52. The van der Waals surface area contributed by atoms with Crippen molar-refractivity contribution in [1.29, 1.82) is 0 Å². The molecule has 0 atom stereocenters. The number of hydrogen-bond acceptors (Lipinski definition) is 4. The first-order valence-electron chi connectivity index (χ1n) is 5.08. The smallest absolute Gasteiger partial charge is 0.394 e. The average Bonchev–Trinajstić information content (AvgIpc) is 2.54. The Hall–Kier alpha value is -1.19. The van der Waals surface area contributed by atoms with Gasteiger partial charge in [-0.3, -0.25) is 0 Å². The molecule has 1 N–H and O–H groups in total. The molecule has 0 unspecified atom stereocenters. The third-order valence-electron chi connectivity index (χ3n) is 2.13. The summed E-state index contributed by atoms with van der Waals surface area (Å²) in [6, 6.07) is 0. The average molecular weight is 199 g/mol. The van der Waals surface area contributed by atoms with Crippen LogP contribution in [0.3, 0.4) is 0 Å². The summed E-state index contributed by atoms with van der Waals surface area (Å²) in [5.41, 5.74) is 0. The van der Waals surface area contributed by atoms with Gasteiger partial charge in [-0.25, -0.2) is 4.79 Å². The Morgan fingerprint density at radius 1 is 1.21 bits per heavy atom. The number of nitrogens with one attached hydrogen (secondary N) is 1. The minimum atomic E-state index is -0.625. The monoisotopic (exact) mass is 199 g/mol. The van der Waals surface area contributed by atoms with Gasteiger partial charge in [0.25, 0.3) is 0 Å². The summed E-state index contributed by atoms with van der Waals surface area (Å²) >= 11 is 0. The van der Waals surface area contributed by atoms with E-state index in [1.807, 2.05) is 0 Å². The highest BCUT2D eigenvalue weighted by molar-refractivity contribution is 5.32. The molecule has 0 fully saturated rings. The molecule has 0 aliphatic rings. The summed E-state index contributed by atoms with van der Waals surface area (Å²) in [4.78, 5) is 10.8. The van der Waals surface area contributed by atoms with E-state index in [2.05, 4.69) is 12.2 Å². The Kier molecular flexibility index (Phi) is 4.29. The van der Waals surface area contributed by atoms with Gasteiger partial charge >= 0.3 is 5.82 Å². The number of hydrogen-bond donors (Lipinski definition) is 1. The molecule has 0 bridgehead atoms. The zero-order valence-electron chi connectivity index (χ0n) is 8.76. The summed E-state index contributed by atoms with van der Waals surface area (Å²) in [5.74, 6) is 0.472. The number of aryl methyl sites for hydroxylation is 1. The van der Waals surface area contributed by atoms with Crippen molar-refractivity contribution < 1.29 is 8.83 Å². The first kappa shape index (κ1) is 10.9. The van der Waals surface area contributed by atoms with Crippen molar-refractivity contribution in [1.82, 2.24) is 0 Å². The first-order chi connectivity index (χ1) is 6.77. The maximum atomic E-state index is 10.8. The van der Waals surface area contributed by atoms with E-state index in [-0.39, 0.29) is 0 Å². The number of rotatable bonds is 6. The predicted molar refractivity (Wildman–Crippen MR) is 54.6 cm³/mol. The van der Waals surface area contributed by atoms with Crippen molar-refractivity contribution in [2.75, 3.05) is 12.4 Å². The van der Waals surface area contributed by atoms with Crippen LogP contribution in [0.25, 0.3) is 0 Å². The molecule has 0 amide bonds. The van der Waals surface area contributed by atoms with Crippen molar-refractivity contribution in [2.45, 2.75) is 39.0 Å². The van der Waals surface area contributed by atoms with Crippen LogP contribution in [0.5, 0.6) is 0 Å². The van der Waals surface area contributed by atoms with Crippen LogP contribution in [0.1, 0.15) is 38.4 Å². The fourth-order valence-electron chi connectivity index (χ4n) is 1.38. The van der Waals surface area contributed by atoms with E-state index in [1.54, 1.807) is 7.05 Å². The molecule has 1 rings (SSSR count). The van der Waals surface area contributed by atoms with Gasteiger partial charge in [0.2, 0.25) is 5.88 Å². The molecule has 14 heavy (non-hydrogen) atoms. The van der Waals surface area contributed by atoms with Crippen LogP contribution < -0.4 is 11.1 Å². The molecule has 1 aromatic rings. The largest absolute Gasteiger partial charge is 0.520 e. The zero-order valence-corrected chi connectivity index (χ0v) is 8.76. The van der Waals surface area contributed by atoms with Crippen molar-refractivity contribution in [2.24, 2.45) is 0 Å². The summed E-state index contributed by atoms with van der Waals surface area (Å²) in [7, 11) is 1.71. The van der Waals surface area contributed by atoms with Crippen LogP contribution in [0.4, 0.5) is 5.88 Å². The van der Waals surface area contributed by atoms with Crippen LogP contribution >= 0.6 is 0 Å². The molecule has 1 heterocycles. The summed E-state index contributed by atoms with van der Waals surface area (Å²) in [5, 5.41) is 2.80. The van der Waals surface area contributed by atoms with E-state index in [1.165, 1.54) is 12.8 Å². The van der Waals surface area contributed by atoms with Crippen molar-refractivity contribution in [3.8, 4) is 0 Å². The topological polar surface area (TPSA) is 55.4 Å². The Morgan fingerprint density at radius 2 is 2.00 bits per heavy atom. The molecule has 80 valence electrons. The van der Waals surface area contributed by atoms with Crippen LogP contribution in [0, 0.1) is 0 Å². The maximum absolute atomic E-state index is 10.8. The van der Waals surface area contributed by atoms with Crippen molar-refractivity contribution >= 4 is 5.88 Å². The zero-order chi connectivity index (χ0) is 10.4. The van der Waals surface area contributed by atoms with E-state index in [4.69, 9.17) is 8.83 Å². The molecular formula is C10H17NO3. The molecule has 0 saturated heterocycles. The van der Waals surface area contributed by atoms with Gasteiger partial charge in [-0.2, -0.15) is 0 Å². The summed E-state index contributed by atoms with van der Waals surface area (Å²) in [6.07, 6.45) is 5.38. The van der Waals surface area contributed by atoms with E-state index in [0.717, 1.165) is 19.3 Å². The third kappa shape index (κ3) is 2.94. The number of anilines is 1. The van der Waals surface area contributed by atoms with Crippen LogP contribution in [0.15, 0.2) is 13.6 Å². The lowest BCUT2D eigenvalue weighted by molar-refractivity contribution is 0.374. The highest BCUT2D eigenvalue weighted by Crippen LogP contribution is 2.15. The summed E-state index contributed by atoms with van der Waals surface area (Å²) in [6.45, 7) is 2.16. The Morgan fingerprint density at radius 3 is 2.64 bits per heavy atom. The highest BCUT2D eigenvalue weighted by atomic mass is 16.6.